The van der Waals surface area contributed by atoms with Gasteiger partial charge in [0, 0.05) is 36.5 Å². The number of piperazine rings is 1. The SMILES string of the molecule is Cc1cc(C(=O)N2CCN(C(=O)c3cn4nc(-c5ccc(F)cc5)cc(C(C)(C)C)c4n3)C(C)(C)C2)n[nH]1. The van der Waals surface area contributed by atoms with E-state index in [-0.39, 0.29) is 28.7 Å². The van der Waals surface area contributed by atoms with E-state index in [0.29, 0.717) is 36.7 Å². The predicted octanol–water partition coefficient (Wildman–Crippen LogP) is 4.24. The monoisotopic (exact) mass is 517 g/mol. The molecule has 4 heterocycles. The third kappa shape index (κ3) is 4.66. The minimum atomic E-state index is -0.619. The number of hydrogen-bond acceptors (Lipinski definition) is 5. The summed E-state index contributed by atoms with van der Waals surface area (Å²) in [5, 5.41) is 11.6. The molecule has 0 radical (unpaired) electrons. The zero-order valence-corrected chi connectivity index (χ0v) is 22.5. The number of aryl methyl sites for hydroxylation is 1. The summed E-state index contributed by atoms with van der Waals surface area (Å²) in [5.74, 6) is -0.689. The molecule has 38 heavy (non-hydrogen) atoms. The van der Waals surface area contributed by atoms with Gasteiger partial charge in [-0.25, -0.2) is 13.9 Å². The summed E-state index contributed by atoms with van der Waals surface area (Å²) in [7, 11) is 0. The van der Waals surface area contributed by atoms with E-state index in [1.807, 2.05) is 26.8 Å². The lowest BCUT2D eigenvalue weighted by Crippen LogP contribution is -2.62. The Morgan fingerprint density at radius 3 is 2.34 bits per heavy atom. The van der Waals surface area contributed by atoms with Gasteiger partial charge in [-0.3, -0.25) is 14.7 Å². The molecule has 5 rings (SSSR count). The van der Waals surface area contributed by atoms with Crippen LogP contribution >= 0.6 is 0 Å². The molecule has 198 valence electrons. The van der Waals surface area contributed by atoms with Gasteiger partial charge in [0.25, 0.3) is 11.8 Å². The van der Waals surface area contributed by atoms with Crippen LogP contribution in [0.3, 0.4) is 0 Å². The molecule has 1 aliphatic heterocycles. The van der Waals surface area contributed by atoms with Crippen molar-refractivity contribution >= 4 is 17.5 Å². The molecule has 3 aromatic heterocycles. The fourth-order valence-corrected chi connectivity index (χ4v) is 4.93. The van der Waals surface area contributed by atoms with Crippen LogP contribution in [0, 0.1) is 12.7 Å². The fourth-order valence-electron chi connectivity index (χ4n) is 4.93. The van der Waals surface area contributed by atoms with Crippen molar-refractivity contribution in [2.75, 3.05) is 19.6 Å². The third-order valence-electron chi connectivity index (χ3n) is 6.95. The van der Waals surface area contributed by atoms with Gasteiger partial charge in [-0.2, -0.15) is 10.2 Å². The predicted molar refractivity (Wildman–Crippen MR) is 141 cm³/mol. The van der Waals surface area contributed by atoms with Crippen LogP contribution in [0.5, 0.6) is 0 Å². The largest absolute Gasteiger partial charge is 0.333 e. The topological polar surface area (TPSA) is 99.5 Å². The van der Waals surface area contributed by atoms with E-state index in [1.54, 1.807) is 38.7 Å². The van der Waals surface area contributed by atoms with Gasteiger partial charge in [-0.05, 0) is 62.6 Å². The molecule has 0 spiro atoms. The van der Waals surface area contributed by atoms with Gasteiger partial charge in [0.1, 0.15) is 17.2 Å². The smallest absolute Gasteiger partial charge is 0.274 e. The van der Waals surface area contributed by atoms with E-state index in [4.69, 9.17) is 10.1 Å². The first kappa shape index (κ1) is 25.6. The number of imidazole rings is 1. The molecule has 10 heteroatoms. The first-order valence-electron chi connectivity index (χ1n) is 12.6. The highest BCUT2D eigenvalue weighted by Gasteiger charge is 2.40. The number of carbonyl (C=O) groups excluding carboxylic acids is 2. The molecule has 1 aliphatic rings. The molecule has 0 saturated carbocycles. The molecule has 2 amide bonds. The van der Waals surface area contributed by atoms with Crippen LogP contribution in [0.2, 0.25) is 0 Å². The number of rotatable bonds is 3. The van der Waals surface area contributed by atoms with Crippen molar-refractivity contribution in [3.63, 3.8) is 0 Å². The summed E-state index contributed by atoms with van der Waals surface area (Å²) < 4.78 is 15.1. The number of aromatic amines is 1. The van der Waals surface area contributed by atoms with E-state index in [1.165, 1.54) is 12.1 Å². The van der Waals surface area contributed by atoms with E-state index in [2.05, 4.69) is 31.0 Å². The molecular weight excluding hydrogens is 485 g/mol. The van der Waals surface area contributed by atoms with Crippen LogP contribution in [-0.2, 0) is 5.41 Å². The standard InChI is InChI=1S/C28H32FN7O2/c1-17-13-22(32-31-17)25(37)34-11-12-35(28(5,6)16-34)26(38)23-15-36-24(30-23)20(27(2,3)4)14-21(33-36)18-7-9-19(29)10-8-18/h7-10,13-15H,11-12,16H2,1-6H3,(H,31,32). The second kappa shape index (κ2) is 9.04. The van der Waals surface area contributed by atoms with E-state index in [0.717, 1.165) is 16.8 Å². The maximum atomic E-state index is 13.7. The molecule has 4 aromatic rings. The van der Waals surface area contributed by atoms with E-state index < -0.39 is 5.54 Å². The highest BCUT2D eigenvalue weighted by Crippen LogP contribution is 2.31. The molecule has 0 bridgehead atoms. The van der Waals surface area contributed by atoms with Gasteiger partial charge in [-0.1, -0.05) is 20.8 Å². The maximum absolute atomic E-state index is 13.7. The summed E-state index contributed by atoms with van der Waals surface area (Å²) in [4.78, 5) is 34.9. The second-order valence-corrected chi connectivity index (χ2v) is 11.5. The minimum Gasteiger partial charge on any atom is -0.333 e. The van der Waals surface area contributed by atoms with Crippen LogP contribution in [0.4, 0.5) is 4.39 Å². The first-order chi connectivity index (χ1) is 17.8. The Morgan fingerprint density at radius 2 is 1.74 bits per heavy atom. The Balaban J connectivity index is 1.46. The Hall–Kier alpha value is -4.08. The molecule has 1 fully saturated rings. The number of aromatic nitrogens is 5. The van der Waals surface area contributed by atoms with Crippen LogP contribution in [0.25, 0.3) is 16.9 Å². The van der Waals surface area contributed by atoms with Gasteiger partial charge >= 0.3 is 0 Å². The van der Waals surface area contributed by atoms with Gasteiger partial charge in [0.05, 0.1) is 17.4 Å². The summed E-state index contributed by atoms with van der Waals surface area (Å²) >= 11 is 0. The Kier molecular flexibility index (Phi) is 6.08. The fraction of sp³-hybridized carbons (Fsp3) is 0.393. The highest BCUT2D eigenvalue weighted by molar-refractivity contribution is 5.95. The lowest BCUT2D eigenvalue weighted by atomic mass is 9.87. The van der Waals surface area contributed by atoms with Crippen molar-refractivity contribution in [1.82, 2.24) is 34.6 Å². The average Bonchev–Trinajstić information content (AvgIpc) is 3.48. The molecule has 9 nitrogen and oxygen atoms in total. The molecule has 1 aromatic carbocycles. The van der Waals surface area contributed by atoms with Gasteiger partial charge in [0.15, 0.2) is 5.65 Å². The van der Waals surface area contributed by atoms with Gasteiger partial charge < -0.3 is 9.80 Å². The van der Waals surface area contributed by atoms with Crippen molar-refractivity contribution in [2.24, 2.45) is 0 Å². The van der Waals surface area contributed by atoms with Gasteiger partial charge in [0.2, 0.25) is 0 Å². The number of nitrogens with one attached hydrogen (secondary N) is 1. The number of amides is 2. The summed E-state index contributed by atoms with van der Waals surface area (Å²) in [6.45, 7) is 13.1. The van der Waals surface area contributed by atoms with Gasteiger partial charge in [-0.15, -0.1) is 0 Å². The zero-order valence-electron chi connectivity index (χ0n) is 22.5. The van der Waals surface area contributed by atoms with Crippen molar-refractivity contribution in [1.29, 1.82) is 0 Å². The Morgan fingerprint density at radius 1 is 1.03 bits per heavy atom. The molecule has 0 atom stereocenters. The van der Waals surface area contributed by atoms with E-state index >= 15 is 0 Å². The molecule has 1 N–H and O–H groups in total. The number of benzene rings is 1. The van der Waals surface area contributed by atoms with Crippen LogP contribution in [0.1, 0.15) is 66.9 Å². The summed E-state index contributed by atoms with van der Waals surface area (Å²) in [5.41, 5.74) is 3.55. The average molecular weight is 518 g/mol. The lowest BCUT2D eigenvalue weighted by molar-refractivity contribution is 0.0163. The van der Waals surface area contributed by atoms with Crippen molar-refractivity contribution in [3.05, 3.63) is 71.1 Å². The molecule has 0 unspecified atom stereocenters. The number of H-pyrrole nitrogens is 1. The normalized spacial score (nSPS) is 15.8. The number of nitrogens with zero attached hydrogens (tertiary/aromatic N) is 6. The quantitative estimate of drug-likeness (QED) is 0.438. The molecule has 1 saturated heterocycles. The van der Waals surface area contributed by atoms with Crippen LogP contribution < -0.4 is 0 Å². The van der Waals surface area contributed by atoms with Crippen molar-refractivity contribution < 1.29 is 14.0 Å². The molecular formula is C28H32FN7O2. The number of halogens is 1. The van der Waals surface area contributed by atoms with Crippen molar-refractivity contribution in [2.45, 2.75) is 52.5 Å². The maximum Gasteiger partial charge on any atom is 0.274 e. The van der Waals surface area contributed by atoms with Crippen LogP contribution in [0.15, 0.2) is 42.6 Å². The summed E-state index contributed by atoms with van der Waals surface area (Å²) in [6.07, 6.45) is 1.65. The summed E-state index contributed by atoms with van der Waals surface area (Å²) in [6, 6.07) is 9.86. The highest BCUT2D eigenvalue weighted by atomic mass is 19.1. The first-order valence-corrected chi connectivity index (χ1v) is 12.6. The zero-order chi connectivity index (χ0) is 27.4. The lowest BCUT2D eigenvalue weighted by Gasteiger charge is -2.46. The molecule has 0 aliphatic carbocycles. The number of fused-ring (bicyclic) bond motifs is 1. The third-order valence-corrected chi connectivity index (χ3v) is 6.95. The minimum absolute atomic E-state index is 0.158. The van der Waals surface area contributed by atoms with Crippen molar-refractivity contribution in [3.8, 4) is 11.3 Å². The second-order valence-electron chi connectivity index (χ2n) is 11.5. The number of carbonyl (C=O) groups is 2. The Bertz CT molecular complexity index is 1530. The Labute approximate surface area is 220 Å². The number of hydrogen-bond donors (Lipinski definition) is 1. The van der Waals surface area contributed by atoms with Crippen LogP contribution in [-0.4, -0.2) is 71.6 Å². The van der Waals surface area contributed by atoms with E-state index in [9.17, 15) is 14.0 Å².